The molecule has 1 aliphatic rings. The molecule has 0 aromatic heterocycles. The molecular formula is C9H13F. The van der Waals surface area contributed by atoms with Crippen molar-refractivity contribution >= 4 is 0 Å². The fraction of sp³-hybridized carbons (Fsp3) is 0.556. The van der Waals surface area contributed by atoms with Crippen LogP contribution in [0.2, 0.25) is 0 Å². The summed E-state index contributed by atoms with van der Waals surface area (Å²) in [7, 11) is 0. The molecule has 0 bridgehead atoms. The highest BCUT2D eigenvalue weighted by atomic mass is 19.1. The third-order valence-electron chi connectivity index (χ3n) is 1.90. The zero-order valence-electron chi connectivity index (χ0n) is 6.74. The van der Waals surface area contributed by atoms with Gasteiger partial charge in [-0.1, -0.05) is 18.6 Å². The van der Waals surface area contributed by atoms with E-state index >= 15 is 0 Å². The first kappa shape index (κ1) is 7.52. The minimum atomic E-state index is 0.0607. The summed E-state index contributed by atoms with van der Waals surface area (Å²) in [5, 5.41) is 0. The maximum Gasteiger partial charge on any atom is 0.106 e. The normalized spacial score (nSPS) is 26.8. The summed E-state index contributed by atoms with van der Waals surface area (Å²) >= 11 is 0. The van der Waals surface area contributed by atoms with Crippen LogP contribution in [-0.2, 0) is 0 Å². The summed E-state index contributed by atoms with van der Waals surface area (Å²) in [6, 6.07) is 0. The Morgan fingerprint density at radius 2 is 2.10 bits per heavy atom. The van der Waals surface area contributed by atoms with Crippen LogP contribution in [0.3, 0.4) is 0 Å². The molecule has 0 radical (unpaired) electrons. The monoisotopic (exact) mass is 140 g/mol. The maximum absolute atomic E-state index is 13.0. The third kappa shape index (κ3) is 1.28. The Hall–Kier alpha value is -0.590. The van der Waals surface area contributed by atoms with E-state index in [2.05, 4.69) is 0 Å². The molecule has 0 aliphatic heterocycles. The Balaban J connectivity index is 2.92. The van der Waals surface area contributed by atoms with Crippen LogP contribution in [0.5, 0.6) is 0 Å². The fourth-order valence-electron chi connectivity index (χ4n) is 1.46. The molecule has 0 N–H and O–H groups in total. The highest BCUT2D eigenvalue weighted by Crippen LogP contribution is 2.29. The molecule has 10 heavy (non-hydrogen) atoms. The van der Waals surface area contributed by atoms with Crippen LogP contribution >= 0.6 is 0 Å². The lowest BCUT2D eigenvalue weighted by Crippen LogP contribution is -2.03. The highest BCUT2D eigenvalue weighted by molar-refractivity contribution is 5.29. The standard InChI is InChI=1S/C9H13F/c1-6-4-7(2)9(10)8(3)5-6/h4,8H,5H2,1-3H3. The molecule has 0 nitrogen and oxygen atoms in total. The molecule has 0 aromatic carbocycles. The smallest absolute Gasteiger partial charge is 0.106 e. The quantitative estimate of drug-likeness (QED) is 0.484. The van der Waals surface area contributed by atoms with Gasteiger partial charge >= 0.3 is 0 Å². The Bertz CT molecular complexity index is 199. The van der Waals surface area contributed by atoms with E-state index in [0.29, 0.717) is 0 Å². The predicted molar refractivity (Wildman–Crippen MR) is 41.3 cm³/mol. The van der Waals surface area contributed by atoms with Crippen molar-refractivity contribution in [3.05, 3.63) is 23.0 Å². The van der Waals surface area contributed by atoms with Gasteiger partial charge in [0, 0.05) is 5.92 Å². The van der Waals surface area contributed by atoms with E-state index < -0.39 is 0 Å². The van der Waals surface area contributed by atoms with Crippen molar-refractivity contribution in [3.8, 4) is 0 Å². The molecule has 0 spiro atoms. The molecule has 1 atom stereocenters. The van der Waals surface area contributed by atoms with Crippen molar-refractivity contribution in [2.24, 2.45) is 5.92 Å². The summed E-state index contributed by atoms with van der Waals surface area (Å²) < 4.78 is 13.0. The summed E-state index contributed by atoms with van der Waals surface area (Å²) in [6.07, 6.45) is 2.80. The Kier molecular flexibility index (Phi) is 1.93. The van der Waals surface area contributed by atoms with Crippen LogP contribution in [-0.4, -0.2) is 0 Å². The van der Waals surface area contributed by atoms with E-state index in [4.69, 9.17) is 0 Å². The van der Waals surface area contributed by atoms with Crippen LogP contribution in [0.15, 0.2) is 23.0 Å². The van der Waals surface area contributed by atoms with Crippen LogP contribution in [0.1, 0.15) is 27.2 Å². The largest absolute Gasteiger partial charge is 0.211 e. The number of hydrogen-bond donors (Lipinski definition) is 0. The lowest BCUT2D eigenvalue weighted by Gasteiger charge is -2.16. The molecule has 1 heteroatoms. The number of rotatable bonds is 0. The molecular weight excluding hydrogens is 127 g/mol. The van der Waals surface area contributed by atoms with Crippen LogP contribution < -0.4 is 0 Å². The molecule has 0 aromatic rings. The van der Waals surface area contributed by atoms with E-state index in [1.54, 1.807) is 0 Å². The molecule has 0 saturated carbocycles. The molecule has 0 saturated heterocycles. The van der Waals surface area contributed by atoms with Gasteiger partial charge in [-0.15, -0.1) is 0 Å². The van der Waals surface area contributed by atoms with Gasteiger partial charge in [0.25, 0.3) is 0 Å². The summed E-state index contributed by atoms with van der Waals surface area (Å²) in [6.45, 7) is 5.80. The number of halogens is 1. The summed E-state index contributed by atoms with van der Waals surface area (Å²) in [5.41, 5.74) is 2.09. The number of allylic oxidation sites excluding steroid dienone is 4. The molecule has 1 rings (SSSR count). The van der Waals surface area contributed by atoms with Crippen molar-refractivity contribution in [2.45, 2.75) is 27.2 Å². The summed E-state index contributed by atoms with van der Waals surface area (Å²) in [4.78, 5) is 0. The predicted octanol–water partition coefficient (Wildman–Crippen LogP) is 3.22. The third-order valence-corrected chi connectivity index (χ3v) is 1.90. The van der Waals surface area contributed by atoms with Crippen molar-refractivity contribution < 1.29 is 4.39 Å². The zero-order valence-corrected chi connectivity index (χ0v) is 6.74. The van der Waals surface area contributed by atoms with Crippen molar-refractivity contribution in [3.63, 3.8) is 0 Å². The molecule has 1 unspecified atom stereocenters. The van der Waals surface area contributed by atoms with Crippen LogP contribution in [0.25, 0.3) is 0 Å². The fourth-order valence-corrected chi connectivity index (χ4v) is 1.46. The number of hydrogen-bond acceptors (Lipinski definition) is 0. The SMILES string of the molecule is CC1=CC(C)=C(F)C(C)C1. The van der Waals surface area contributed by atoms with Gasteiger partial charge in [0.1, 0.15) is 5.83 Å². The van der Waals surface area contributed by atoms with E-state index in [-0.39, 0.29) is 11.7 Å². The second-order valence-corrected chi connectivity index (χ2v) is 3.13. The van der Waals surface area contributed by atoms with Gasteiger partial charge in [-0.25, -0.2) is 4.39 Å². The van der Waals surface area contributed by atoms with E-state index in [1.165, 1.54) is 5.57 Å². The summed E-state index contributed by atoms with van der Waals surface area (Å²) in [5.74, 6) is 0.163. The molecule has 0 heterocycles. The molecule has 1 aliphatic carbocycles. The van der Waals surface area contributed by atoms with Crippen molar-refractivity contribution in [1.29, 1.82) is 0 Å². The van der Waals surface area contributed by atoms with Gasteiger partial charge in [0.2, 0.25) is 0 Å². The molecule has 0 amide bonds. The average Bonchev–Trinajstić information content (AvgIpc) is 1.82. The lowest BCUT2D eigenvalue weighted by molar-refractivity contribution is 0.475. The second kappa shape index (κ2) is 2.57. The van der Waals surface area contributed by atoms with Gasteiger partial charge < -0.3 is 0 Å². The lowest BCUT2D eigenvalue weighted by atomic mass is 9.92. The van der Waals surface area contributed by atoms with Gasteiger partial charge in [-0.2, -0.15) is 0 Å². The van der Waals surface area contributed by atoms with Gasteiger partial charge in [0.05, 0.1) is 0 Å². The Morgan fingerprint density at radius 1 is 1.50 bits per heavy atom. The zero-order chi connectivity index (χ0) is 7.72. The van der Waals surface area contributed by atoms with Gasteiger partial charge in [-0.3, -0.25) is 0 Å². The molecule has 0 fully saturated rings. The van der Waals surface area contributed by atoms with Crippen LogP contribution in [0, 0.1) is 5.92 Å². The van der Waals surface area contributed by atoms with Gasteiger partial charge in [-0.05, 0) is 25.8 Å². The van der Waals surface area contributed by atoms with E-state index in [1.807, 2.05) is 26.8 Å². The van der Waals surface area contributed by atoms with Crippen molar-refractivity contribution in [1.82, 2.24) is 0 Å². The Morgan fingerprint density at radius 3 is 2.60 bits per heavy atom. The van der Waals surface area contributed by atoms with E-state index in [0.717, 1.165) is 12.0 Å². The topological polar surface area (TPSA) is 0 Å². The Labute approximate surface area is 61.4 Å². The van der Waals surface area contributed by atoms with Gasteiger partial charge in [0.15, 0.2) is 0 Å². The van der Waals surface area contributed by atoms with E-state index in [9.17, 15) is 4.39 Å². The molecule has 56 valence electrons. The highest BCUT2D eigenvalue weighted by Gasteiger charge is 2.15. The second-order valence-electron chi connectivity index (χ2n) is 3.13. The van der Waals surface area contributed by atoms with Crippen LogP contribution in [0.4, 0.5) is 4.39 Å². The average molecular weight is 140 g/mol. The van der Waals surface area contributed by atoms with Crippen molar-refractivity contribution in [2.75, 3.05) is 0 Å². The first-order valence-corrected chi connectivity index (χ1v) is 3.64. The maximum atomic E-state index is 13.0. The first-order valence-electron chi connectivity index (χ1n) is 3.64. The first-order chi connectivity index (χ1) is 4.61. The minimum absolute atomic E-state index is 0.0607. The minimum Gasteiger partial charge on any atom is -0.211 e.